The third-order valence-corrected chi connectivity index (χ3v) is 1.81. The van der Waals surface area contributed by atoms with Crippen molar-refractivity contribution in [1.82, 2.24) is 0 Å². The maximum atomic E-state index is 11.5. The Morgan fingerprint density at radius 1 is 1.75 bits per heavy atom. The van der Waals surface area contributed by atoms with Gasteiger partial charge in [0.25, 0.3) is 0 Å². The average Bonchev–Trinajstić information content (AvgIpc) is 2.18. The van der Waals surface area contributed by atoms with Crippen molar-refractivity contribution < 1.29 is 17.8 Å². The van der Waals surface area contributed by atoms with Crippen molar-refractivity contribution in [2.45, 2.75) is 32.3 Å². The second-order valence-corrected chi connectivity index (χ2v) is 3.19. The Kier molecular flexibility index (Phi) is 2.56. The number of carbonyl (C=O) groups excluding carboxylic acids is 1. The van der Waals surface area contributed by atoms with Crippen molar-refractivity contribution in [3.8, 4) is 0 Å². The molecule has 1 atom stereocenters. The number of ether oxygens (including phenoxy) is 1. The van der Waals surface area contributed by atoms with E-state index >= 15 is 0 Å². The summed E-state index contributed by atoms with van der Waals surface area (Å²) in [5, 5.41) is 0. The molecule has 72 valence electrons. The first kappa shape index (κ1) is 4.86. The predicted octanol–water partition coefficient (Wildman–Crippen LogP) is 1.02. The zero-order valence-corrected chi connectivity index (χ0v) is 7.69. The highest BCUT2D eigenvalue weighted by molar-refractivity contribution is 7.98. The van der Waals surface area contributed by atoms with Gasteiger partial charge in [0.2, 0.25) is 0 Å². The van der Waals surface area contributed by atoms with Crippen LogP contribution in [0, 0.1) is 0 Å². The fourth-order valence-electron chi connectivity index (χ4n) is 0.566. The third kappa shape index (κ3) is 5.43. The number of thioether (sulfide) groups is 1. The molecule has 0 unspecified atom stereocenters. The predicted molar refractivity (Wildman–Crippen MR) is 52.2 cm³/mol. The summed E-state index contributed by atoms with van der Waals surface area (Å²) in [6.45, 7) is -5.81. The van der Waals surface area contributed by atoms with E-state index in [1.165, 1.54) is 11.8 Å². The van der Waals surface area contributed by atoms with Crippen LogP contribution in [-0.4, -0.2) is 30.1 Å². The van der Waals surface area contributed by atoms with E-state index < -0.39 is 31.8 Å². The van der Waals surface area contributed by atoms with Crippen molar-refractivity contribution >= 4 is 17.7 Å². The average molecular weight is 197 g/mol. The SMILES string of the molecule is [2H]C([2H])([2H])C(OC(=O)[C@@H](N)CCSC)C([2H])([2H])[2H]. The van der Waals surface area contributed by atoms with Crippen molar-refractivity contribution in [1.29, 1.82) is 0 Å². The van der Waals surface area contributed by atoms with E-state index in [0.29, 0.717) is 12.2 Å². The molecule has 0 bridgehead atoms. The molecule has 0 aromatic rings. The van der Waals surface area contributed by atoms with Crippen LogP contribution in [0.1, 0.15) is 28.3 Å². The molecule has 2 N–H and O–H groups in total. The minimum atomic E-state index is -2.90. The van der Waals surface area contributed by atoms with E-state index in [0.717, 1.165) is 0 Å². The number of hydrogen-bond donors (Lipinski definition) is 1. The van der Waals surface area contributed by atoms with Crippen molar-refractivity contribution in [3.05, 3.63) is 0 Å². The quantitative estimate of drug-likeness (QED) is 0.669. The standard InChI is InChI=1S/C8H17NO2S/c1-6(2)11-8(10)7(9)4-5-12-3/h6-7H,4-5,9H2,1-3H3/t7-/m0/s1/i1D3,2D3. The summed E-state index contributed by atoms with van der Waals surface area (Å²) in [4.78, 5) is 11.5. The number of hydrogen-bond acceptors (Lipinski definition) is 4. The van der Waals surface area contributed by atoms with Crippen LogP contribution in [-0.2, 0) is 9.53 Å². The zero-order chi connectivity index (χ0) is 14.6. The monoisotopic (exact) mass is 197 g/mol. The molecular weight excluding hydrogens is 174 g/mol. The van der Waals surface area contributed by atoms with Gasteiger partial charge in [0.05, 0.1) is 6.10 Å². The van der Waals surface area contributed by atoms with Gasteiger partial charge in [-0.1, -0.05) is 0 Å². The molecule has 0 aromatic heterocycles. The molecule has 3 nitrogen and oxygen atoms in total. The second kappa shape index (κ2) is 6.31. The Balaban J connectivity index is 4.66. The molecule has 0 aliphatic heterocycles. The molecule has 0 aliphatic carbocycles. The molecule has 0 spiro atoms. The zero-order valence-electron chi connectivity index (χ0n) is 12.9. The number of rotatable bonds is 5. The molecular formula is C8H17NO2S. The lowest BCUT2D eigenvalue weighted by molar-refractivity contribution is -0.149. The highest BCUT2D eigenvalue weighted by atomic mass is 32.2. The molecule has 0 saturated heterocycles. The largest absolute Gasteiger partial charge is 0.462 e. The first-order valence-corrected chi connectivity index (χ1v) is 4.84. The summed E-state index contributed by atoms with van der Waals surface area (Å²) >= 11 is 1.47. The van der Waals surface area contributed by atoms with Gasteiger partial charge in [-0.15, -0.1) is 0 Å². The summed E-state index contributed by atoms with van der Waals surface area (Å²) < 4.78 is 46.9. The van der Waals surface area contributed by atoms with Gasteiger partial charge in [0.15, 0.2) is 0 Å². The molecule has 0 rings (SSSR count). The van der Waals surface area contributed by atoms with Gasteiger partial charge in [-0.2, -0.15) is 11.8 Å². The van der Waals surface area contributed by atoms with Gasteiger partial charge in [0, 0.05) is 8.22 Å². The Hall–Kier alpha value is -0.220. The van der Waals surface area contributed by atoms with E-state index in [9.17, 15) is 4.79 Å². The maximum Gasteiger partial charge on any atom is 0.323 e. The fraction of sp³-hybridized carbons (Fsp3) is 0.875. The molecule has 0 amide bonds. The summed E-state index contributed by atoms with van der Waals surface area (Å²) in [5.41, 5.74) is 5.48. The van der Waals surface area contributed by atoms with Crippen LogP contribution in [0.2, 0.25) is 0 Å². The van der Waals surface area contributed by atoms with E-state index in [1.54, 1.807) is 0 Å². The minimum Gasteiger partial charge on any atom is -0.462 e. The second-order valence-electron chi connectivity index (χ2n) is 2.20. The molecule has 12 heavy (non-hydrogen) atoms. The van der Waals surface area contributed by atoms with Crippen LogP contribution in [0.15, 0.2) is 0 Å². The molecule has 0 saturated carbocycles. The van der Waals surface area contributed by atoms with Crippen LogP contribution in [0.3, 0.4) is 0 Å². The Labute approximate surface area is 86.5 Å². The lowest BCUT2D eigenvalue weighted by atomic mass is 10.2. The van der Waals surface area contributed by atoms with Gasteiger partial charge < -0.3 is 10.5 Å². The topological polar surface area (TPSA) is 52.3 Å². The Morgan fingerprint density at radius 2 is 2.42 bits per heavy atom. The molecule has 0 radical (unpaired) electrons. The van der Waals surface area contributed by atoms with Gasteiger partial charge in [-0.25, -0.2) is 0 Å². The van der Waals surface area contributed by atoms with E-state index in [-0.39, 0.29) is 0 Å². The number of carbonyl (C=O) groups is 1. The van der Waals surface area contributed by atoms with Crippen LogP contribution < -0.4 is 5.73 Å². The Bertz CT molecular complexity index is 266. The van der Waals surface area contributed by atoms with Crippen LogP contribution in [0.25, 0.3) is 0 Å². The molecule has 0 heterocycles. The maximum absolute atomic E-state index is 11.5. The highest BCUT2D eigenvalue weighted by Gasteiger charge is 2.15. The van der Waals surface area contributed by atoms with Crippen molar-refractivity contribution in [2.24, 2.45) is 5.73 Å². The van der Waals surface area contributed by atoms with Gasteiger partial charge >= 0.3 is 5.97 Å². The number of nitrogens with two attached hydrogens (primary N) is 1. The minimum absolute atomic E-state index is 0.300. The van der Waals surface area contributed by atoms with E-state index in [4.69, 9.17) is 14.0 Å². The van der Waals surface area contributed by atoms with Crippen LogP contribution in [0.5, 0.6) is 0 Å². The molecule has 0 fully saturated rings. The van der Waals surface area contributed by atoms with Gasteiger partial charge in [-0.3, -0.25) is 4.79 Å². The van der Waals surface area contributed by atoms with E-state index in [2.05, 4.69) is 4.74 Å². The smallest absolute Gasteiger partial charge is 0.323 e. The number of esters is 1. The normalized spacial score (nSPS) is 22.6. The molecule has 4 heteroatoms. The summed E-state index contributed by atoms with van der Waals surface area (Å²) in [5.74, 6) is -0.399. The van der Waals surface area contributed by atoms with Crippen LogP contribution >= 0.6 is 11.8 Å². The lowest BCUT2D eigenvalue weighted by Crippen LogP contribution is -2.34. The fourth-order valence-corrected chi connectivity index (χ4v) is 1.06. The van der Waals surface area contributed by atoms with Gasteiger partial charge in [-0.05, 0) is 32.1 Å². The molecule has 0 aliphatic rings. The highest BCUT2D eigenvalue weighted by Crippen LogP contribution is 2.01. The molecule has 0 aromatic carbocycles. The van der Waals surface area contributed by atoms with Crippen molar-refractivity contribution in [2.75, 3.05) is 12.0 Å². The van der Waals surface area contributed by atoms with E-state index in [1.807, 2.05) is 6.26 Å². The first-order chi connectivity index (χ1) is 8.00. The first-order valence-electron chi connectivity index (χ1n) is 6.45. The summed E-state index contributed by atoms with van der Waals surface area (Å²) in [7, 11) is 0. The third-order valence-electron chi connectivity index (χ3n) is 1.17. The lowest BCUT2D eigenvalue weighted by Gasteiger charge is -2.12. The van der Waals surface area contributed by atoms with Gasteiger partial charge in [0.1, 0.15) is 6.04 Å². The van der Waals surface area contributed by atoms with Crippen molar-refractivity contribution in [3.63, 3.8) is 0 Å². The van der Waals surface area contributed by atoms with Crippen LogP contribution in [0.4, 0.5) is 0 Å². The summed E-state index contributed by atoms with van der Waals surface area (Å²) in [6, 6.07) is -1.01. The Morgan fingerprint density at radius 3 is 2.92 bits per heavy atom. The summed E-state index contributed by atoms with van der Waals surface area (Å²) in [6.07, 6.45) is -0.0155.